The molecule has 2 aromatic carbocycles. The molecule has 2 aromatic rings. The average Bonchev–Trinajstić information content (AvgIpc) is 2.51. The molecule has 21 heavy (non-hydrogen) atoms. The maximum atomic E-state index is 12.0. The van der Waals surface area contributed by atoms with Crippen LogP contribution in [0.2, 0.25) is 5.02 Å². The third kappa shape index (κ3) is 4.14. The smallest absolute Gasteiger partial charge is 0.242 e. The lowest BCUT2D eigenvalue weighted by Gasteiger charge is -2.15. The lowest BCUT2D eigenvalue weighted by molar-refractivity contribution is -0.122. The van der Waals surface area contributed by atoms with Crippen LogP contribution in [0.5, 0.6) is 0 Å². The molecule has 0 aliphatic rings. The number of benzene rings is 2. The van der Waals surface area contributed by atoms with Gasteiger partial charge in [-0.3, -0.25) is 10.2 Å². The molecule has 2 rings (SSSR count). The summed E-state index contributed by atoms with van der Waals surface area (Å²) in [7, 11) is 0. The number of nitrogens with two attached hydrogens (primary N) is 2. The zero-order valence-electron chi connectivity index (χ0n) is 11.3. The average molecular weight is 322 g/mol. The number of anilines is 1. The van der Waals surface area contributed by atoms with Crippen molar-refractivity contribution >= 4 is 35.0 Å². The van der Waals surface area contributed by atoms with Crippen LogP contribution in [0.15, 0.2) is 53.4 Å². The van der Waals surface area contributed by atoms with E-state index in [-0.39, 0.29) is 11.8 Å². The molecule has 0 aliphatic carbocycles. The summed E-state index contributed by atoms with van der Waals surface area (Å²) in [5.74, 6) is 5.31. The normalized spacial score (nSPS) is 11.9. The predicted molar refractivity (Wildman–Crippen MR) is 88.1 cm³/mol. The fraction of sp³-hybridized carbons (Fsp3) is 0.133. The van der Waals surface area contributed by atoms with E-state index in [1.807, 2.05) is 36.4 Å². The molecule has 5 N–H and O–H groups in total. The molecule has 0 aromatic heterocycles. The van der Waals surface area contributed by atoms with E-state index in [0.29, 0.717) is 16.5 Å². The van der Waals surface area contributed by atoms with Crippen LogP contribution in [-0.2, 0) is 4.79 Å². The van der Waals surface area contributed by atoms with Gasteiger partial charge in [0.2, 0.25) is 5.91 Å². The van der Waals surface area contributed by atoms with Crippen LogP contribution in [0.4, 0.5) is 5.69 Å². The quantitative estimate of drug-likeness (QED) is 0.260. The third-order valence-corrected chi connectivity index (χ3v) is 4.46. The predicted octanol–water partition coefficient (Wildman–Crippen LogP) is 2.79. The summed E-state index contributed by atoms with van der Waals surface area (Å²) < 4.78 is 0. The number of amides is 1. The number of rotatable bonds is 5. The van der Waals surface area contributed by atoms with Gasteiger partial charge in [0.25, 0.3) is 0 Å². The Morgan fingerprint density at radius 1 is 1.24 bits per heavy atom. The van der Waals surface area contributed by atoms with Crippen molar-refractivity contribution in [3.05, 3.63) is 59.1 Å². The molecule has 0 bridgehead atoms. The van der Waals surface area contributed by atoms with Crippen molar-refractivity contribution in [3.63, 3.8) is 0 Å². The summed E-state index contributed by atoms with van der Waals surface area (Å²) in [5, 5.41) is 0.513. The first-order valence-electron chi connectivity index (χ1n) is 6.35. The Hall–Kier alpha value is -1.69. The van der Waals surface area contributed by atoms with Crippen LogP contribution in [0, 0.1) is 0 Å². The minimum Gasteiger partial charge on any atom is -0.398 e. The first kappa shape index (κ1) is 15.7. The summed E-state index contributed by atoms with van der Waals surface area (Å²) in [6, 6.07) is 15.0. The molecule has 1 unspecified atom stereocenters. The fourth-order valence-corrected chi connectivity index (χ4v) is 3.20. The molecule has 0 fully saturated rings. The Kier molecular flexibility index (Phi) is 5.50. The number of thioether (sulfide) groups is 1. The van der Waals surface area contributed by atoms with Crippen molar-refractivity contribution < 1.29 is 4.79 Å². The first-order chi connectivity index (χ1) is 10.1. The summed E-state index contributed by atoms with van der Waals surface area (Å²) in [6.07, 6.45) is 0. The monoisotopic (exact) mass is 321 g/mol. The van der Waals surface area contributed by atoms with E-state index in [1.54, 1.807) is 12.1 Å². The van der Waals surface area contributed by atoms with E-state index >= 15 is 0 Å². The second kappa shape index (κ2) is 7.36. The minimum absolute atomic E-state index is 0.213. The van der Waals surface area contributed by atoms with Gasteiger partial charge in [-0.25, -0.2) is 5.84 Å². The molecule has 110 valence electrons. The standard InChI is InChI=1S/C15H16ClN3OS/c16-13-8-11(6-7-14(13)17)21-9-12(15(20)19-18)10-4-2-1-3-5-10/h1-8,12H,9,17-18H2,(H,19,20). The molecule has 0 saturated heterocycles. The van der Waals surface area contributed by atoms with Crippen LogP contribution in [-0.4, -0.2) is 11.7 Å². The van der Waals surface area contributed by atoms with Gasteiger partial charge in [-0.05, 0) is 23.8 Å². The number of nitrogens with one attached hydrogen (secondary N) is 1. The molecule has 0 heterocycles. The van der Waals surface area contributed by atoms with Gasteiger partial charge in [-0.1, -0.05) is 41.9 Å². The molecule has 1 amide bonds. The van der Waals surface area contributed by atoms with E-state index in [9.17, 15) is 4.79 Å². The number of carbonyl (C=O) groups is 1. The number of hydrogen-bond acceptors (Lipinski definition) is 4. The Balaban J connectivity index is 2.12. The number of carbonyl (C=O) groups excluding carboxylic acids is 1. The highest BCUT2D eigenvalue weighted by Gasteiger charge is 2.20. The summed E-state index contributed by atoms with van der Waals surface area (Å²) in [4.78, 5) is 12.9. The van der Waals surface area contributed by atoms with Crippen molar-refractivity contribution in [2.24, 2.45) is 5.84 Å². The maximum Gasteiger partial charge on any atom is 0.242 e. The van der Waals surface area contributed by atoms with Gasteiger partial charge >= 0.3 is 0 Å². The van der Waals surface area contributed by atoms with E-state index in [4.69, 9.17) is 23.2 Å². The highest BCUT2D eigenvalue weighted by Crippen LogP contribution is 2.30. The fourth-order valence-electron chi connectivity index (χ4n) is 1.89. The first-order valence-corrected chi connectivity index (χ1v) is 7.71. The molecule has 0 spiro atoms. The Labute approximate surface area is 132 Å². The molecule has 4 nitrogen and oxygen atoms in total. The van der Waals surface area contributed by atoms with Crippen molar-refractivity contribution in [2.45, 2.75) is 10.8 Å². The number of hydrogen-bond donors (Lipinski definition) is 3. The SMILES string of the molecule is NNC(=O)C(CSc1ccc(N)c(Cl)c1)c1ccccc1. The molecule has 0 saturated carbocycles. The van der Waals surface area contributed by atoms with Gasteiger partial charge in [0, 0.05) is 10.6 Å². The molecular formula is C15H16ClN3OS. The zero-order chi connectivity index (χ0) is 15.2. The van der Waals surface area contributed by atoms with Crippen LogP contribution in [0.1, 0.15) is 11.5 Å². The van der Waals surface area contributed by atoms with E-state index in [1.165, 1.54) is 11.8 Å². The topological polar surface area (TPSA) is 81.1 Å². The van der Waals surface area contributed by atoms with Gasteiger partial charge in [-0.2, -0.15) is 0 Å². The highest BCUT2D eigenvalue weighted by atomic mass is 35.5. The summed E-state index contributed by atoms with van der Waals surface area (Å²) >= 11 is 7.53. The molecule has 0 aliphatic heterocycles. The Morgan fingerprint density at radius 2 is 1.95 bits per heavy atom. The van der Waals surface area contributed by atoms with Gasteiger partial charge in [-0.15, -0.1) is 11.8 Å². The molecule has 0 radical (unpaired) electrons. The number of hydrazine groups is 1. The van der Waals surface area contributed by atoms with Gasteiger partial charge in [0.1, 0.15) is 0 Å². The van der Waals surface area contributed by atoms with E-state index in [2.05, 4.69) is 5.43 Å². The number of halogens is 1. The lowest BCUT2D eigenvalue weighted by Crippen LogP contribution is -2.35. The largest absolute Gasteiger partial charge is 0.398 e. The third-order valence-electron chi connectivity index (χ3n) is 3.05. The van der Waals surface area contributed by atoms with E-state index < -0.39 is 0 Å². The highest BCUT2D eigenvalue weighted by molar-refractivity contribution is 7.99. The molecule has 1 atom stereocenters. The minimum atomic E-state index is -0.322. The van der Waals surface area contributed by atoms with Gasteiger partial charge in [0.15, 0.2) is 0 Å². The van der Waals surface area contributed by atoms with Crippen molar-refractivity contribution in [2.75, 3.05) is 11.5 Å². The second-order valence-electron chi connectivity index (χ2n) is 4.47. The van der Waals surface area contributed by atoms with Crippen molar-refractivity contribution in [1.29, 1.82) is 0 Å². The Bertz CT molecular complexity index is 622. The summed E-state index contributed by atoms with van der Waals surface area (Å²) in [5.41, 5.74) is 9.37. The van der Waals surface area contributed by atoms with Gasteiger partial charge in [0.05, 0.1) is 16.6 Å². The molecule has 6 heteroatoms. The van der Waals surface area contributed by atoms with Crippen LogP contribution in [0.25, 0.3) is 0 Å². The lowest BCUT2D eigenvalue weighted by atomic mass is 10.0. The Morgan fingerprint density at radius 3 is 2.57 bits per heavy atom. The van der Waals surface area contributed by atoms with Gasteiger partial charge < -0.3 is 5.73 Å². The number of nitrogen functional groups attached to an aromatic ring is 1. The van der Waals surface area contributed by atoms with Crippen LogP contribution in [0.3, 0.4) is 0 Å². The summed E-state index contributed by atoms with van der Waals surface area (Å²) in [6.45, 7) is 0. The van der Waals surface area contributed by atoms with Crippen molar-refractivity contribution in [1.82, 2.24) is 5.43 Å². The second-order valence-corrected chi connectivity index (χ2v) is 5.97. The van der Waals surface area contributed by atoms with Crippen LogP contribution < -0.4 is 17.0 Å². The zero-order valence-corrected chi connectivity index (χ0v) is 12.8. The molecular weight excluding hydrogens is 306 g/mol. The van der Waals surface area contributed by atoms with E-state index in [0.717, 1.165) is 10.5 Å². The van der Waals surface area contributed by atoms with Crippen LogP contribution >= 0.6 is 23.4 Å². The van der Waals surface area contributed by atoms with Crippen molar-refractivity contribution in [3.8, 4) is 0 Å². The maximum absolute atomic E-state index is 12.0.